The molecule has 0 spiro atoms. The number of hydrogen-bond acceptors (Lipinski definition) is 8. The van der Waals surface area contributed by atoms with Crippen molar-refractivity contribution in [2.75, 3.05) is 27.3 Å². The molecule has 0 bridgehead atoms. The third-order valence-electron chi connectivity index (χ3n) is 10.2. The number of carbonyl (C=O) groups excluding carboxylic acids is 2. The van der Waals surface area contributed by atoms with Gasteiger partial charge in [0.1, 0.15) is 5.78 Å². The molecule has 1 heterocycles. The van der Waals surface area contributed by atoms with Gasteiger partial charge in [0.25, 0.3) is 0 Å². The molecule has 1 aliphatic rings. The minimum absolute atomic E-state index is 0.0164. The van der Waals surface area contributed by atoms with Crippen molar-refractivity contribution in [1.82, 2.24) is 10.6 Å². The second kappa shape index (κ2) is 22.7. The fourth-order valence-corrected chi connectivity index (χ4v) is 7.40. The molecule has 3 aromatic rings. The first-order chi connectivity index (χ1) is 26.2. The van der Waals surface area contributed by atoms with E-state index < -0.39 is 0 Å². The van der Waals surface area contributed by atoms with Crippen LogP contribution in [0.4, 0.5) is 0 Å². The number of nitrogens with one attached hydrogen (secondary N) is 2. The maximum atomic E-state index is 13.0. The maximum Gasteiger partial charge on any atom is 0.163 e. The predicted octanol–water partition coefficient (Wildman–Crippen LogP) is 7.41. The number of ether oxygens (including phenoxy) is 1. The highest BCUT2D eigenvalue weighted by Crippen LogP contribution is 2.33. The van der Waals surface area contributed by atoms with Crippen molar-refractivity contribution in [2.45, 2.75) is 90.1 Å². The summed E-state index contributed by atoms with van der Waals surface area (Å²) >= 11 is 0. The largest absolute Gasteiger partial charge is 0.504 e. The molecule has 8 heteroatoms. The van der Waals surface area contributed by atoms with Crippen LogP contribution in [0.5, 0.6) is 11.5 Å². The Kier molecular flexibility index (Phi) is 17.7. The summed E-state index contributed by atoms with van der Waals surface area (Å²) in [6.45, 7) is 3.34. The Labute approximate surface area is 322 Å². The van der Waals surface area contributed by atoms with E-state index in [1.54, 1.807) is 18.2 Å². The molecule has 6 N–H and O–H groups in total. The Morgan fingerprint density at radius 2 is 1.65 bits per heavy atom. The van der Waals surface area contributed by atoms with E-state index in [-0.39, 0.29) is 36.5 Å². The van der Waals surface area contributed by atoms with Crippen molar-refractivity contribution in [3.63, 3.8) is 0 Å². The minimum atomic E-state index is -0.298. The van der Waals surface area contributed by atoms with Crippen molar-refractivity contribution in [3.8, 4) is 11.5 Å². The normalized spacial score (nSPS) is 15.3. The first-order valence-corrected chi connectivity index (χ1v) is 19.6. The number of ketones is 2. The van der Waals surface area contributed by atoms with Crippen LogP contribution in [-0.2, 0) is 35.3 Å². The lowest BCUT2D eigenvalue weighted by atomic mass is 9.87. The monoisotopic (exact) mass is 735 g/mol. The van der Waals surface area contributed by atoms with Gasteiger partial charge in [-0.1, -0.05) is 74.0 Å². The lowest BCUT2D eigenvalue weighted by Gasteiger charge is -2.22. The van der Waals surface area contributed by atoms with E-state index in [0.717, 1.165) is 86.6 Å². The van der Waals surface area contributed by atoms with E-state index in [1.165, 1.54) is 29.9 Å². The highest BCUT2D eigenvalue weighted by Gasteiger charge is 2.18. The van der Waals surface area contributed by atoms with E-state index >= 15 is 0 Å². The Balaban J connectivity index is 1.37. The molecular formula is C46H61N3O5. The van der Waals surface area contributed by atoms with Crippen molar-refractivity contribution >= 4 is 17.6 Å². The number of aryl methyl sites for hydroxylation is 3. The number of phenols is 1. The van der Waals surface area contributed by atoms with Gasteiger partial charge in [-0.15, -0.1) is 0 Å². The van der Waals surface area contributed by atoms with Crippen molar-refractivity contribution in [3.05, 3.63) is 124 Å². The van der Waals surface area contributed by atoms with E-state index in [2.05, 4.69) is 72.2 Å². The van der Waals surface area contributed by atoms with Gasteiger partial charge in [0, 0.05) is 19.2 Å². The van der Waals surface area contributed by atoms with Gasteiger partial charge in [-0.25, -0.2) is 0 Å². The van der Waals surface area contributed by atoms with Gasteiger partial charge in [0.05, 0.1) is 19.7 Å². The Morgan fingerprint density at radius 1 is 0.944 bits per heavy atom. The average molecular weight is 736 g/mol. The quantitative estimate of drug-likeness (QED) is 0.0475. The SMILES string of the molecule is CNC[C@H](C)C[C@H](CCCO)CCCC(=O)CC(=O)/C=C/c1cc(OC)c(O)cc1CC1=CNC(N)C=C1CCc1cccc(CCc2ccccc2)c1. The number of methoxy groups -OCH3 is 1. The molecule has 3 atom stereocenters. The number of rotatable bonds is 24. The Morgan fingerprint density at radius 3 is 2.37 bits per heavy atom. The molecule has 0 radical (unpaired) electrons. The first kappa shape index (κ1) is 42.2. The third kappa shape index (κ3) is 14.4. The van der Waals surface area contributed by atoms with Crippen molar-refractivity contribution in [1.29, 1.82) is 0 Å². The third-order valence-corrected chi connectivity index (χ3v) is 10.2. The molecule has 290 valence electrons. The summed E-state index contributed by atoms with van der Waals surface area (Å²) in [4.78, 5) is 25.8. The molecule has 0 aliphatic carbocycles. The van der Waals surface area contributed by atoms with Gasteiger partial charge in [-0.05, 0) is 146 Å². The van der Waals surface area contributed by atoms with Gasteiger partial charge < -0.3 is 31.3 Å². The molecule has 1 aliphatic heterocycles. The highest BCUT2D eigenvalue weighted by molar-refractivity contribution is 6.06. The average Bonchev–Trinajstić information content (AvgIpc) is 3.16. The highest BCUT2D eigenvalue weighted by atomic mass is 16.5. The molecular weight excluding hydrogens is 675 g/mol. The number of carbonyl (C=O) groups is 2. The number of hydrogen-bond donors (Lipinski definition) is 5. The number of aliphatic hydroxyl groups is 1. The van der Waals surface area contributed by atoms with Crippen LogP contribution >= 0.6 is 0 Å². The topological polar surface area (TPSA) is 134 Å². The zero-order valence-corrected chi connectivity index (χ0v) is 32.5. The van der Waals surface area contributed by atoms with Gasteiger partial charge in [0.2, 0.25) is 0 Å². The van der Waals surface area contributed by atoms with Crippen LogP contribution in [0.1, 0.15) is 86.1 Å². The number of nitrogens with two attached hydrogens (primary N) is 1. The number of allylic oxidation sites excluding steroid dienone is 3. The second-order valence-corrected chi connectivity index (χ2v) is 14.8. The summed E-state index contributed by atoms with van der Waals surface area (Å²) in [5.74, 6) is 0.977. The Bertz CT molecular complexity index is 1730. The van der Waals surface area contributed by atoms with Crippen molar-refractivity contribution < 1.29 is 24.5 Å². The van der Waals surface area contributed by atoms with E-state index in [0.29, 0.717) is 30.4 Å². The number of aliphatic hydroxyl groups excluding tert-OH is 1. The molecule has 0 fully saturated rings. The number of benzene rings is 3. The van der Waals surface area contributed by atoms with Gasteiger partial charge >= 0.3 is 0 Å². The fourth-order valence-electron chi connectivity index (χ4n) is 7.40. The molecule has 0 aromatic heterocycles. The van der Waals surface area contributed by atoms with E-state index in [4.69, 9.17) is 10.5 Å². The number of aromatic hydroxyl groups is 1. The van der Waals surface area contributed by atoms with Crippen LogP contribution < -0.4 is 21.1 Å². The number of phenolic OH excluding ortho intramolecular Hbond substituents is 1. The van der Waals surface area contributed by atoms with E-state index in [9.17, 15) is 19.8 Å². The zero-order valence-electron chi connectivity index (χ0n) is 32.5. The fraction of sp³-hybridized carbons (Fsp3) is 0.435. The predicted molar refractivity (Wildman–Crippen MR) is 219 cm³/mol. The summed E-state index contributed by atoms with van der Waals surface area (Å²) in [7, 11) is 3.45. The maximum absolute atomic E-state index is 13.0. The minimum Gasteiger partial charge on any atom is -0.504 e. The lowest BCUT2D eigenvalue weighted by molar-refractivity contribution is -0.124. The molecule has 3 aromatic carbocycles. The number of Topliss-reactive ketones (excluding diaryl/α,β-unsaturated/α-hetero) is 1. The molecule has 4 rings (SSSR count). The van der Waals surface area contributed by atoms with Crippen LogP contribution in [0.3, 0.4) is 0 Å². The summed E-state index contributed by atoms with van der Waals surface area (Å²) in [6.07, 6.45) is 15.6. The zero-order chi connectivity index (χ0) is 38.7. The van der Waals surface area contributed by atoms with Gasteiger partial charge in [0.15, 0.2) is 17.3 Å². The van der Waals surface area contributed by atoms with Crippen LogP contribution in [0, 0.1) is 11.8 Å². The van der Waals surface area contributed by atoms with E-state index in [1.807, 2.05) is 19.3 Å². The van der Waals surface area contributed by atoms with Crippen LogP contribution in [0.2, 0.25) is 0 Å². The number of dihydropyridines is 1. The smallest absolute Gasteiger partial charge is 0.163 e. The van der Waals surface area contributed by atoms with Crippen LogP contribution in [-0.4, -0.2) is 55.3 Å². The van der Waals surface area contributed by atoms with Gasteiger partial charge in [-0.3, -0.25) is 9.59 Å². The molecule has 8 nitrogen and oxygen atoms in total. The molecule has 0 saturated carbocycles. The van der Waals surface area contributed by atoms with Crippen molar-refractivity contribution in [2.24, 2.45) is 17.6 Å². The standard InChI is InChI=1S/C46H61N3O5/c1-33(31-48-2)24-35(15-9-23-50)14-8-16-42(51)30-43(52)22-21-38-28-45(54-3)44(53)27-40(38)26-41-32-49-46(47)29-39(41)20-19-37-13-7-12-36(25-37)18-17-34-10-5-4-6-11-34/h4-7,10-13,21-22,25,27-29,32-33,35,46,48-50,53H,8-9,14-20,23-24,26,30-31,47H2,1-3H3/b22-21+/t33-,35+,46?/m1/s1. The first-order valence-electron chi connectivity index (χ1n) is 19.6. The Hall–Kier alpha value is -4.50. The lowest BCUT2D eigenvalue weighted by Crippen LogP contribution is -2.35. The summed E-state index contributed by atoms with van der Waals surface area (Å²) in [5, 5.41) is 26.5. The summed E-state index contributed by atoms with van der Waals surface area (Å²) in [6, 6.07) is 22.7. The molecule has 54 heavy (non-hydrogen) atoms. The molecule has 0 amide bonds. The van der Waals surface area contributed by atoms with Crippen LogP contribution in [0.15, 0.2) is 96.2 Å². The molecule has 0 saturated heterocycles. The summed E-state index contributed by atoms with van der Waals surface area (Å²) in [5.41, 5.74) is 14.0. The summed E-state index contributed by atoms with van der Waals surface area (Å²) < 4.78 is 5.41. The molecule has 1 unspecified atom stereocenters. The van der Waals surface area contributed by atoms with Crippen LogP contribution in [0.25, 0.3) is 6.08 Å². The van der Waals surface area contributed by atoms with Gasteiger partial charge in [-0.2, -0.15) is 0 Å². The second-order valence-electron chi connectivity index (χ2n) is 14.8.